The highest BCUT2D eigenvalue weighted by atomic mass is 127. The van der Waals surface area contributed by atoms with Crippen LogP contribution in [0.5, 0.6) is 0 Å². The molecule has 3 nitrogen and oxygen atoms in total. The molecule has 0 amide bonds. The van der Waals surface area contributed by atoms with Crippen LogP contribution in [0.4, 0.5) is 4.39 Å². The Bertz CT molecular complexity index is 462. The number of aliphatic hydroxyl groups excluding tert-OH is 1. The molecule has 0 spiro atoms. The molecule has 0 aromatic carbocycles. The Morgan fingerprint density at radius 3 is 2.67 bits per heavy atom. The smallest absolute Gasteiger partial charge is 0.134 e. The number of hydrogen-bond donors (Lipinski definition) is 1. The number of nitrogens with zero attached hydrogens (tertiary/aromatic N) is 2. The summed E-state index contributed by atoms with van der Waals surface area (Å²) in [6.07, 6.45) is 1.03. The van der Waals surface area contributed by atoms with E-state index in [4.69, 9.17) is 5.11 Å². The van der Waals surface area contributed by atoms with Gasteiger partial charge in [-0.1, -0.05) is 0 Å². The fourth-order valence-corrected chi connectivity index (χ4v) is 4.09. The topological polar surface area (TPSA) is 38.0 Å². The number of fused-ring (bicyclic) bond motifs is 1. The minimum absolute atomic E-state index is 0.326. The highest BCUT2D eigenvalue weighted by Crippen LogP contribution is 2.66. The van der Waals surface area contributed by atoms with E-state index in [-0.39, 0.29) is 6.61 Å². The maximum Gasteiger partial charge on any atom is 0.134 e. The maximum atomic E-state index is 14.0. The van der Waals surface area contributed by atoms with E-state index in [2.05, 4.69) is 52.3 Å². The van der Waals surface area contributed by atoms with E-state index in [1.165, 1.54) is 5.69 Å². The first kappa shape index (κ1) is 12.8. The SMILES string of the molecule is CC(C)n1nc(I)cc1C1C2CC(F)(CO)CC21. The van der Waals surface area contributed by atoms with Crippen LogP contribution in [-0.2, 0) is 0 Å². The van der Waals surface area contributed by atoms with Gasteiger partial charge in [-0.2, -0.15) is 5.10 Å². The summed E-state index contributed by atoms with van der Waals surface area (Å²) >= 11 is 2.23. The van der Waals surface area contributed by atoms with Crippen LogP contribution in [0.15, 0.2) is 6.07 Å². The summed E-state index contributed by atoms with van der Waals surface area (Å²) < 4.78 is 17.1. The fourth-order valence-electron chi connectivity index (χ4n) is 3.54. The normalized spacial score (nSPS) is 38.2. The van der Waals surface area contributed by atoms with Crippen LogP contribution in [0.2, 0.25) is 0 Å². The summed E-state index contributed by atoms with van der Waals surface area (Å²) in [5.41, 5.74) is -0.0637. The summed E-state index contributed by atoms with van der Waals surface area (Å²) in [5.74, 6) is 1.28. The van der Waals surface area contributed by atoms with Crippen molar-refractivity contribution < 1.29 is 9.50 Å². The monoisotopic (exact) mass is 364 g/mol. The van der Waals surface area contributed by atoms with Crippen LogP contribution in [0.25, 0.3) is 0 Å². The third kappa shape index (κ3) is 1.90. The molecule has 2 aliphatic carbocycles. The lowest BCUT2D eigenvalue weighted by molar-refractivity contribution is 0.0636. The van der Waals surface area contributed by atoms with Crippen molar-refractivity contribution >= 4 is 22.6 Å². The maximum absolute atomic E-state index is 14.0. The molecule has 100 valence electrons. The van der Waals surface area contributed by atoms with Gasteiger partial charge >= 0.3 is 0 Å². The van der Waals surface area contributed by atoms with Gasteiger partial charge < -0.3 is 5.11 Å². The molecule has 2 atom stereocenters. The molecule has 2 saturated carbocycles. The van der Waals surface area contributed by atoms with Gasteiger partial charge in [0.25, 0.3) is 0 Å². The van der Waals surface area contributed by atoms with Crippen LogP contribution in [0, 0.1) is 15.5 Å². The third-order valence-electron chi connectivity index (χ3n) is 4.38. The van der Waals surface area contributed by atoms with Gasteiger partial charge in [-0.3, -0.25) is 4.68 Å². The van der Waals surface area contributed by atoms with Gasteiger partial charge in [-0.05, 0) is 67.2 Å². The number of aliphatic hydroxyl groups is 1. The van der Waals surface area contributed by atoms with Gasteiger partial charge in [-0.25, -0.2) is 4.39 Å². The Kier molecular flexibility index (Phi) is 2.97. The van der Waals surface area contributed by atoms with Crippen molar-refractivity contribution in [3.8, 4) is 0 Å². The predicted octanol–water partition coefficient (Wildman–Crippen LogP) is 2.89. The molecule has 2 unspecified atom stereocenters. The van der Waals surface area contributed by atoms with Gasteiger partial charge in [-0.15, -0.1) is 0 Å². The van der Waals surface area contributed by atoms with Crippen LogP contribution in [0.3, 0.4) is 0 Å². The van der Waals surface area contributed by atoms with E-state index < -0.39 is 5.67 Å². The molecule has 0 saturated heterocycles. The van der Waals surface area contributed by atoms with Gasteiger partial charge in [0.1, 0.15) is 9.37 Å². The zero-order valence-corrected chi connectivity index (χ0v) is 12.8. The molecule has 0 radical (unpaired) electrons. The summed E-state index contributed by atoms with van der Waals surface area (Å²) in [4.78, 5) is 0. The van der Waals surface area contributed by atoms with E-state index in [0.717, 1.165) is 3.70 Å². The summed E-state index contributed by atoms with van der Waals surface area (Å²) in [7, 11) is 0. The zero-order valence-electron chi connectivity index (χ0n) is 10.6. The second-order valence-corrected chi connectivity index (χ2v) is 7.11. The van der Waals surface area contributed by atoms with Gasteiger partial charge in [0, 0.05) is 17.7 Å². The lowest BCUT2D eigenvalue weighted by atomic mass is 9.96. The van der Waals surface area contributed by atoms with Crippen molar-refractivity contribution in [3.05, 3.63) is 15.5 Å². The van der Waals surface area contributed by atoms with E-state index in [1.807, 2.05) is 0 Å². The second kappa shape index (κ2) is 4.16. The van der Waals surface area contributed by atoms with E-state index in [9.17, 15) is 4.39 Å². The lowest BCUT2D eigenvalue weighted by Crippen LogP contribution is -2.26. The molecular weight excluding hydrogens is 346 g/mol. The van der Waals surface area contributed by atoms with Crippen molar-refractivity contribution in [1.82, 2.24) is 9.78 Å². The number of rotatable bonds is 3. The number of aromatic nitrogens is 2. The minimum atomic E-state index is -1.32. The Morgan fingerprint density at radius 1 is 1.56 bits per heavy atom. The predicted molar refractivity (Wildman–Crippen MR) is 75.2 cm³/mol. The van der Waals surface area contributed by atoms with Crippen molar-refractivity contribution in [2.24, 2.45) is 11.8 Å². The molecule has 18 heavy (non-hydrogen) atoms. The first-order valence-electron chi connectivity index (χ1n) is 6.50. The molecule has 1 aromatic rings. The highest BCUT2D eigenvalue weighted by molar-refractivity contribution is 14.1. The van der Waals surface area contributed by atoms with Crippen LogP contribution >= 0.6 is 22.6 Å². The first-order chi connectivity index (χ1) is 8.45. The van der Waals surface area contributed by atoms with Crippen molar-refractivity contribution in [3.63, 3.8) is 0 Å². The molecule has 0 bridgehead atoms. The van der Waals surface area contributed by atoms with Crippen molar-refractivity contribution in [2.45, 2.75) is 44.3 Å². The Morgan fingerprint density at radius 2 is 2.17 bits per heavy atom. The molecule has 1 N–H and O–H groups in total. The molecule has 1 aromatic heterocycles. The number of hydrogen-bond acceptors (Lipinski definition) is 2. The van der Waals surface area contributed by atoms with Crippen LogP contribution < -0.4 is 0 Å². The average molecular weight is 364 g/mol. The van der Waals surface area contributed by atoms with Crippen LogP contribution in [-0.4, -0.2) is 27.2 Å². The highest BCUT2D eigenvalue weighted by Gasteiger charge is 2.63. The lowest BCUT2D eigenvalue weighted by Gasteiger charge is -2.20. The number of alkyl halides is 1. The zero-order chi connectivity index (χ0) is 13.1. The Labute approximate surface area is 120 Å². The summed E-state index contributed by atoms with van der Waals surface area (Å²) in [5, 5.41) is 13.6. The fraction of sp³-hybridized carbons (Fsp3) is 0.769. The molecule has 2 aliphatic rings. The minimum Gasteiger partial charge on any atom is -0.393 e. The molecule has 2 fully saturated rings. The van der Waals surface area contributed by atoms with Crippen LogP contribution in [0.1, 0.15) is 44.3 Å². The quantitative estimate of drug-likeness (QED) is 0.838. The standard InChI is InChI=1S/C13H18FIN2O/c1-7(2)17-10(3-11(15)16-17)12-8-4-13(14,6-18)5-9(8)12/h3,7-9,12,18H,4-6H2,1-2H3. The Hall–Kier alpha value is -0.170. The molecule has 3 rings (SSSR count). The summed E-state index contributed by atoms with van der Waals surface area (Å²) in [6, 6.07) is 2.47. The van der Waals surface area contributed by atoms with Gasteiger partial charge in [0.15, 0.2) is 0 Å². The van der Waals surface area contributed by atoms with Gasteiger partial charge in [0.2, 0.25) is 0 Å². The van der Waals surface area contributed by atoms with E-state index in [1.54, 1.807) is 0 Å². The molecule has 1 heterocycles. The number of halogens is 2. The summed E-state index contributed by atoms with van der Waals surface area (Å²) in [6.45, 7) is 3.92. The third-order valence-corrected chi connectivity index (χ3v) is 4.91. The van der Waals surface area contributed by atoms with Gasteiger partial charge in [0.05, 0.1) is 6.61 Å². The second-order valence-electron chi connectivity index (χ2n) is 6.00. The van der Waals surface area contributed by atoms with Crippen molar-refractivity contribution in [2.75, 3.05) is 6.61 Å². The molecular formula is C13H18FIN2O. The van der Waals surface area contributed by atoms with Crippen molar-refractivity contribution in [1.29, 1.82) is 0 Å². The van der Waals surface area contributed by atoms with E-state index >= 15 is 0 Å². The average Bonchev–Trinajstić information content (AvgIpc) is 2.69. The molecule has 5 heteroatoms. The molecule has 0 aliphatic heterocycles. The largest absolute Gasteiger partial charge is 0.393 e. The first-order valence-corrected chi connectivity index (χ1v) is 7.58. The van der Waals surface area contributed by atoms with E-state index in [0.29, 0.717) is 36.6 Å². The Balaban J connectivity index is 1.81.